The maximum Gasteiger partial charge on any atom is 0.295 e. The Balaban J connectivity index is 1.95. The monoisotopic (exact) mass is 452 g/mol. The van der Waals surface area contributed by atoms with E-state index in [2.05, 4.69) is 10.6 Å². The van der Waals surface area contributed by atoms with Crippen LogP contribution in [0.25, 0.3) is 5.69 Å². The fourth-order valence-electron chi connectivity index (χ4n) is 2.88. The van der Waals surface area contributed by atoms with E-state index in [1.165, 1.54) is 4.68 Å². The lowest BCUT2D eigenvalue weighted by Gasteiger charge is -2.27. The van der Waals surface area contributed by atoms with Gasteiger partial charge in [-0.25, -0.2) is 4.68 Å². The molecule has 0 radical (unpaired) electrons. The summed E-state index contributed by atoms with van der Waals surface area (Å²) in [7, 11) is 1.75. The molecule has 0 unspecified atom stereocenters. The van der Waals surface area contributed by atoms with Gasteiger partial charge in [-0.1, -0.05) is 71.2 Å². The van der Waals surface area contributed by atoms with Crippen molar-refractivity contribution in [1.29, 1.82) is 0 Å². The van der Waals surface area contributed by atoms with Crippen molar-refractivity contribution in [2.24, 2.45) is 7.05 Å². The number of alkyl halides is 3. The fourth-order valence-corrected chi connectivity index (χ4v) is 3.21. The number of para-hydroxylation sites is 1. The average molecular weight is 454 g/mol. The first kappa shape index (κ1) is 21.3. The highest BCUT2D eigenvalue weighted by Gasteiger charge is 2.36. The molecule has 3 aromatic rings. The molecule has 0 aliphatic heterocycles. The first-order chi connectivity index (χ1) is 13.7. The summed E-state index contributed by atoms with van der Waals surface area (Å²) in [5, 5.41) is 5.55. The van der Waals surface area contributed by atoms with E-state index in [9.17, 15) is 9.59 Å². The molecule has 0 saturated heterocycles. The zero-order chi connectivity index (χ0) is 21.2. The number of amides is 1. The van der Waals surface area contributed by atoms with Crippen molar-refractivity contribution in [2.45, 2.75) is 16.9 Å². The topological polar surface area (TPSA) is 68.1 Å². The zero-order valence-corrected chi connectivity index (χ0v) is 18.0. The predicted molar refractivity (Wildman–Crippen MR) is 117 cm³/mol. The second kappa shape index (κ2) is 8.53. The molecule has 0 aliphatic carbocycles. The standard InChI is InChI=1S/C20H19Cl3N4O2/c1-13-16(18(29)27(26(13)2)15-11-7-4-8-12-15)24-19(20(21,22)23)25-17(28)14-9-5-3-6-10-14/h3-12,19,24H,1-2H3,(H,25,28)/t19-/m0/s1. The lowest BCUT2D eigenvalue weighted by molar-refractivity contribution is 0.0942. The van der Waals surface area contributed by atoms with Gasteiger partial charge in [0.1, 0.15) is 11.9 Å². The molecular formula is C20H19Cl3N4O2. The van der Waals surface area contributed by atoms with E-state index in [1.54, 1.807) is 49.0 Å². The Kier molecular flexibility index (Phi) is 6.27. The van der Waals surface area contributed by atoms with Crippen molar-refractivity contribution in [3.8, 4) is 5.69 Å². The average Bonchev–Trinajstić information content (AvgIpc) is 2.91. The van der Waals surface area contributed by atoms with Crippen LogP contribution in [0, 0.1) is 6.92 Å². The minimum Gasteiger partial charge on any atom is -0.356 e. The van der Waals surface area contributed by atoms with Crippen LogP contribution in [-0.4, -0.2) is 25.2 Å². The lowest BCUT2D eigenvalue weighted by Crippen LogP contribution is -2.49. The molecule has 0 aliphatic rings. The molecule has 1 atom stereocenters. The Hall–Kier alpha value is -2.41. The molecule has 0 bridgehead atoms. The van der Waals surface area contributed by atoms with Crippen molar-refractivity contribution in [2.75, 3.05) is 5.32 Å². The molecule has 1 amide bonds. The first-order valence-electron chi connectivity index (χ1n) is 8.73. The summed E-state index contributed by atoms with van der Waals surface area (Å²) in [6, 6.07) is 17.7. The molecule has 152 valence electrons. The minimum absolute atomic E-state index is 0.223. The second-order valence-corrected chi connectivity index (χ2v) is 8.76. The van der Waals surface area contributed by atoms with Gasteiger partial charge in [0, 0.05) is 12.6 Å². The van der Waals surface area contributed by atoms with E-state index in [1.807, 2.05) is 30.3 Å². The van der Waals surface area contributed by atoms with Gasteiger partial charge < -0.3 is 10.6 Å². The van der Waals surface area contributed by atoms with Crippen LogP contribution in [0.1, 0.15) is 16.1 Å². The number of aromatic nitrogens is 2. The number of carbonyl (C=O) groups excluding carboxylic acids is 1. The van der Waals surface area contributed by atoms with E-state index in [-0.39, 0.29) is 11.2 Å². The molecule has 0 fully saturated rings. The molecule has 0 spiro atoms. The Labute approximate surface area is 183 Å². The van der Waals surface area contributed by atoms with Crippen LogP contribution in [-0.2, 0) is 7.05 Å². The molecule has 6 nitrogen and oxygen atoms in total. The van der Waals surface area contributed by atoms with Gasteiger partial charge >= 0.3 is 0 Å². The maximum absolute atomic E-state index is 13.1. The van der Waals surface area contributed by atoms with E-state index >= 15 is 0 Å². The number of halogens is 3. The van der Waals surface area contributed by atoms with Crippen LogP contribution < -0.4 is 16.2 Å². The Morgan fingerprint density at radius 2 is 1.55 bits per heavy atom. The van der Waals surface area contributed by atoms with Gasteiger partial charge in [-0.2, -0.15) is 0 Å². The quantitative estimate of drug-likeness (QED) is 0.453. The van der Waals surface area contributed by atoms with Crippen molar-refractivity contribution in [3.05, 3.63) is 82.3 Å². The number of nitrogens with one attached hydrogen (secondary N) is 2. The van der Waals surface area contributed by atoms with Crippen LogP contribution in [0.4, 0.5) is 5.69 Å². The van der Waals surface area contributed by atoms with Gasteiger partial charge in [-0.15, -0.1) is 0 Å². The predicted octanol–water partition coefficient (Wildman–Crippen LogP) is 4.02. The SMILES string of the molecule is Cc1c(N[C@@H](NC(=O)c2ccccc2)C(Cl)(Cl)Cl)c(=O)n(-c2ccccc2)n1C. The first-order valence-corrected chi connectivity index (χ1v) is 9.86. The molecule has 1 aromatic heterocycles. The lowest BCUT2D eigenvalue weighted by atomic mass is 10.2. The summed E-state index contributed by atoms with van der Waals surface area (Å²) >= 11 is 18.3. The van der Waals surface area contributed by atoms with Gasteiger partial charge in [0.25, 0.3) is 11.5 Å². The molecule has 9 heteroatoms. The third-order valence-corrected chi connectivity index (χ3v) is 5.14. The second-order valence-electron chi connectivity index (χ2n) is 6.39. The Bertz CT molecular complexity index is 1060. The maximum atomic E-state index is 13.1. The van der Waals surface area contributed by atoms with Crippen LogP contribution in [0.2, 0.25) is 0 Å². The molecule has 2 aromatic carbocycles. The third kappa shape index (κ3) is 4.61. The number of hydrogen-bond acceptors (Lipinski definition) is 3. The van der Waals surface area contributed by atoms with Crippen molar-refractivity contribution >= 4 is 46.4 Å². The number of hydrogen-bond donors (Lipinski definition) is 2. The summed E-state index contributed by atoms with van der Waals surface area (Å²) < 4.78 is 1.28. The van der Waals surface area contributed by atoms with Gasteiger partial charge in [-0.05, 0) is 31.2 Å². The van der Waals surface area contributed by atoms with Crippen molar-refractivity contribution < 1.29 is 4.79 Å². The summed E-state index contributed by atoms with van der Waals surface area (Å²) in [6.45, 7) is 1.76. The summed E-state index contributed by atoms with van der Waals surface area (Å²) in [5.74, 6) is -0.439. The Morgan fingerprint density at radius 1 is 1.00 bits per heavy atom. The normalized spacial score (nSPS) is 12.4. The Morgan fingerprint density at radius 3 is 2.10 bits per heavy atom. The largest absolute Gasteiger partial charge is 0.356 e. The fraction of sp³-hybridized carbons (Fsp3) is 0.200. The van der Waals surface area contributed by atoms with Crippen LogP contribution >= 0.6 is 34.8 Å². The highest BCUT2D eigenvalue weighted by Crippen LogP contribution is 2.31. The smallest absolute Gasteiger partial charge is 0.295 e. The van der Waals surface area contributed by atoms with Crippen LogP contribution in [0.15, 0.2) is 65.5 Å². The van der Waals surface area contributed by atoms with Crippen LogP contribution in [0.3, 0.4) is 0 Å². The van der Waals surface area contributed by atoms with Crippen LogP contribution in [0.5, 0.6) is 0 Å². The molecule has 29 heavy (non-hydrogen) atoms. The highest BCUT2D eigenvalue weighted by atomic mass is 35.6. The summed E-state index contributed by atoms with van der Waals surface area (Å²) in [4.78, 5) is 25.6. The van der Waals surface area contributed by atoms with Gasteiger partial charge in [0.2, 0.25) is 3.79 Å². The molecular weight excluding hydrogens is 435 g/mol. The number of carbonyl (C=O) groups is 1. The molecule has 2 N–H and O–H groups in total. The van der Waals surface area contributed by atoms with Gasteiger partial charge in [-0.3, -0.25) is 14.3 Å². The van der Waals surface area contributed by atoms with E-state index in [4.69, 9.17) is 34.8 Å². The van der Waals surface area contributed by atoms with Gasteiger partial charge in [0.15, 0.2) is 0 Å². The van der Waals surface area contributed by atoms with Crippen molar-refractivity contribution in [1.82, 2.24) is 14.7 Å². The zero-order valence-electron chi connectivity index (χ0n) is 15.7. The minimum atomic E-state index is -1.91. The van der Waals surface area contributed by atoms with E-state index < -0.39 is 15.9 Å². The van der Waals surface area contributed by atoms with Gasteiger partial charge in [0.05, 0.1) is 11.4 Å². The number of nitrogens with zero attached hydrogens (tertiary/aromatic N) is 2. The molecule has 1 heterocycles. The van der Waals surface area contributed by atoms with E-state index in [0.717, 1.165) is 0 Å². The summed E-state index contributed by atoms with van der Waals surface area (Å²) in [6.07, 6.45) is -1.14. The molecule has 3 rings (SSSR count). The van der Waals surface area contributed by atoms with Crippen molar-refractivity contribution in [3.63, 3.8) is 0 Å². The van der Waals surface area contributed by atoms with E-state index in [0.29, 0.717) is 16.9 Å². The highest BCUT2D eigenvalue weighted by molar-refractivity contribution is 6.68. The number of anilines is 1. The third-order valence-electron chi connectivity index (χ3n) is 4.48. The molecule has 0 saturated carbocycles. The number of benzene rings is 2. The summed E-state index contributed by atoms with van der Waals surface area (Å²) in [5.41, 5.74) is 1.60. The number of rotatable bonds is 5.